The van der Waals surface area contributed by atoms with Crippen LogP contribution in [0.4, 0.5) is 10.1 Å². The molecular weight excluding hydrogens is 607 g/mol. The number of sulfonamides is 1. The maximum Gasteiger partial charge on any atom is 0.243 e. The van der Waals surface area contributed by atoms with Gasteiger partial charge >= 0.3 is 0 Å². The summed E-state index contributed by atoms with van der Waals surface area (Å²) >= 11 is 6.26. The van der Waals surface area contributed by atoms with Crippen molar-refractivity contribution in [2.45, 2.75) is 62.8 Å². The molecule has 4 aromatic carbocycles. The van der Waals surface area contributed by atoms with Crippen molar-refractivity contribution < 1.29 is 12.8 Å². The Hall–Kier alpha value is -3.27. The van der Waals surface area contributed by atoms with Crippen LogP contribution < -0.4 is 10.6 Å². The smallest absolute Gasteiger partial charge is 0.243 e. The Bertz CT molecular complexity index is 1570. The molecule has 0 bridgehead atoms. The van der Waals surface area contributed by atoms with E-state index in [-0.39, 0.29) is 29.8 Å². The van der Waals surface area contributed by atoms with E-state index in [1.165, 1.54) is 10.4 Å². The molecule has 0 spiro atoms. The van der Waals surface area contributed by atoms with E-state index in [2.05, 4.69) is 16.7 Å². The molecule has 1 heterocycles. The first kappa shape index (κ1) is 33.1. The molecule has 1 saturated heterocycles. The van der Waals surface area contributed by atoms with E-state index < -0.39 is 10.0 Å². The molecule has 9 heteroatoms. The number of rotatable bonds is 13. The fourth-order valence-electron chi connectivity index (χ4n) is 6.10. The van der Waals surface area contributed by atoms with Crippen LogP contribution >= 0.6 is 11.6 Å². The first-order valence-electron chi connectivity index (χ1n) is 15.6. The molecule has 1 fully saturated rings. The molecule has 6 nitrogen and oxygen atoms in total. The normalized spacial score (nSPS) is 15.3. The molecule has 1 aliphatic heterocycles. The highest BCUT2D eigenvalue weighted by Crippen LogP contribution is 2.30. The first-order chi connectivity index (χ1) is 21.7. The number of benzene rings is 4. The van der Waals surface area contributed by atoms with Crippen LogP contribution in [-0.2, 0) is 29.7 Å². The van der Waals surface area contributed by atoms with Crippen molar-refractivity contribution in [2.24, 2.45) is 5.73 Å². The third-order valence-corrected chi connectivity index (χ3v) is 10.7. The standard InChI is InChI=1S/C36H42ClFN4O2S/c1-28(18-21-39)40-22-19-34(20-23-40)42(27-31-24-32(37)12-17-36(31)38)33-13-15-35(16-14-33)45(43,44)41(25-29-8-4-2-5-9-29)26-30-10-6-3-7-11-30/h2-17,24,28,34H,18-23,25-27,39H2,1H3. The van der Waals surface area contributed by atoms with Gasteiger partial charge in [0.2, 0.25) is 10.0 Å². The van der Waals surface area contributed by atoms with Crippen molar-refractivity contribution in [1.82, 2.24) is 9.21 Å². The van der Waals surface area contributed by atoms with E-state index in [4.69, 9.17) is 17.3 Å². The van der Waals surface area contributed by atoms with E-state index in [0.717, 1.165) is 49.2 Å². The third kappa shape index (κ3) is 8.51. The van der Waals surface area contributed by atoms with Gasteiger partial charge in [-0.05, 0) is 86.3 Å². The second kappa shape index (κ2) is 15.3. The quantitative estimate of drug-likeness (QED) is 0.168. The summed E-state index contributed by atoms with van der Waals surface area (Å²) in [5, 5.41) is 0.482. The molecule has 1 unspecified atom stereocenters. The summed E-state index contributed by atoms with van der Waals surface area (Å²) in [5.41, 5.74) is 8.99. The molecule has 45 heavy (non-hydrogen) atoms. The Morgan fingerprint density at radius 2 is 1.44 bits per heavy atom. The van der Waals surface area contributed by atoms with E-state index in [0.29, 0.717) is 29.7 Å². The van der Waals surface area contributed by atoms with E-state index in [1.54, 1.807) is 24.3 Å². The molecule has 0 amide bonds. The maximum atomic E-state index is 14.9. The molecule has 0 saturated carbocycles. The lowest BCUT2D eigenvalue weighted by molar-refractivity contribution is 0.154. The zero-order valence-electron chi connectivity index (χ0n) is 25.7. The number of nitrogens with two attached hydrogens (primary N) is 1. The van der Waals surface area contributed by atoms with E-state index in [1.807, 2.05) is 72.8 Å². The molecule has 1 aliphatic rings. The number of likely N-dealkylation sites (tertiary alicyclic amines) is 1. The average Bonchev–Trinajstić information content (AvgIpc) is 3.06. The minimum absolute atomic E-state index is 0.153. The third-order valence-electron chi connectivity index (χ3n) is 8.71. The van der Waals surface area contributed by atoms with Gasteiger partial charge in [-0.1, -0.05) is 72.3 Å². The molecule has 238 valence electrons. The van der Waals surface area contributed by atoms with Gasteiger partial charge in [0.05, 0.1) is 4.90 Å². The van der Waals surface area contributed by atoms with Crippen LogP contribution in [0.25, 0.3) is 0 Å². The van der Waals surface area contributed by atoms with Crippen molar-refractivity contribution in [1.29, 1.82) is 0 Å². The van der Waals surface area contributed by atoms with Crippen molar-refractivity contribution in [3.8, 4) is 0 Å². The Morgan fingerprint density at radius 3 is 2.00 bits per heavy atom. The molecule has 4 aromatic rings. The monoisotopic (exact) mass is 648 g/mol. The molecule has 0 aromatic heterocycles. The Labute approximate surface area is 272 Å². The summed E-state index contributed by atoms with van der Waals surface area (Å²) in [6, 6.07) is 31.5. The molecule has 1 atom stereocenters. The average molecular weight is 649 g/mol. The highest BCUT2D eigenvalue weighted by Gasteiger charge is 2.29. The van der Waals surface area contributed by atoms with E-state index in [9.17, 15) is 12.8 Å². The van der Waals surface area contributed by atoms with Crippen molar-refractivity contribution in [3.63, 3.8) is 0 Å². The van der Waals surface area contributed by atoms with Crippen molar-refractivity contribution in [3.05, 3.63) is 131 Å². The second-order valence-corrected chi connectivity index (χ2v) is 14.2. The summed E-state index contributed by atoms with van der Waals surface area (Å²) in [7, 11) is -3.84. The van der Waals surface area contributed by atoms with E-state index >= 15 is 0 Å². The highest BCUT2D eigenvalue weighted by atomic mass is 35.5. The molecule has 5 rings (SSSR count). The number of halogens is 2. The van der Waals surface area contributed by atoms with Crippen LogP contribution in [0.2, 0.25) is 5.02 Å². The van der Waals surface area contributed by atoms with Gasteiger partial charge in [0.1, 0.15) is 5.82 Å². The minimum atomic E-state index is -3.84. The molecule has 2 N–H and O–H groups in total. The fourth-order valence-corrected chi connectivity index (χ4v) is 7.71. The lowest BCUT2D eigenvalue weighted by Crippen LogP contribution is -2.47. The zero-order chi connectivity index (χ0) is 31.8. The molecular formula is C36H42ClFN4O2S. The maximum absolute atomic E-state index is 14.9. The van der Waals surface area contributed by atoms with Crippen LogP contribution in [-0.4, -0.2) is 49.3 Å². The molecule has 0 radical (unpaired) electrons. The number of piperidine rings is 1. The SMILES string of the molecule is CC(CCN)N1CCC(N(Cc2cc(Cl)ccc2F)c2ccc(S(=O)(=O)N(Cc3ccccc3)Cc3ccccc3)cc2)CC1. The van der Waals surface area contributed by atoms with Crippen LogP contribution in [0.1, 0.15) is 42.9 Å². The first-order valence-corrected chi connectivity index (χ1v) is 17.4. The summed E-state index contributed by atoms with van der Waals surface area (Å²) in [6.45, 7) is 5.54. The second-order valence-electron chi connectivity index (χ2n) is 11.8. The van der Waals surface area contributed by atoms with Crippen LogP contribution in [0.5, 0.6) is 0 Å². The number of hydrogen-bond acceptors (Lipinski definition) is 5. The largest absolute Gasteiger partial charge is 0.364 e. The predicted octanol–water partition coefficient (Wildman–Crippen LogP) is 7.08. The van der Waals surface area contributed by atoms with Crippen molar-refractivity contribution >= 4 is 27.3 Å². The summed E-state index contributed by atoms with van der Waals surface area (Å²) < 4.78 is 44.6. The summed E-state index contributed by atoms with van der Waals surface area (Å²) in [5.74, 6) is -0.310. The Kier molecular flexibility index (Phi) is 11.3. The van der Waals surface area contributed by atoms with Gasteiger partial charge in [0.25, 0.3) is 0 Å². The van der Waals surface area contributed by atoms with Crippen LogP contribution in [0.3, 0.4) is 0 Å². The van der Waals surface area contributed by atoms with Gasteiger partial charge in [-0.2, -0.15) is 4.31 Å². The zero-order valence-corrected chi connectivity index (χ0v) is 27.3. The number of nitrogens with zero attached hydrogens (tertiary/aromatic N) is 3. The summed E-state index contributed by atoms with van der Waals surface area (Å²) in [6.07, 6.45) is 2.75. The van der Waals surface area contributed by atoms with Crippen LogP contribution in [0.15, 0.2) is 108 Å². The fraction of sp³-hybridized carbons (Fsp3) is 0.333. The lowest BCUT2D eigenvalue weighted by Gasteiger charge is -2.42. The van der Waals surface area contributed by atoms with Gasteiger partial charge in [-0.25, -0.2) is 12.8 Å². The lowest BCUT2D eigenvalue weighted by atomic mass is 9.99. The van der Waals surface area contributed by atoms with Gasteiger partial charge in [0.15, 0.2) is 0 Å². The topological polar surface area (TPSA) is 69.9 Å². The van der Waals surface area contributed by atoms with Gasteiger partial charge < -0.3 is 15.5 Å². The van der Waals surface area contributed by atoms with Gasteiger partial charge in [-0.3, -0.25) is 0 Å². The number of anilines is 1. The summed E-state index contributed by atoms with van der Waals surface area (Å²) in [4.78, 5) is 4.88. The minimum Gasteiger partial charge on any atom is -0.364 e. The highest BCUT2D eigenvalue weighted by molar-refractivity contribution is 7.89. The van der Waals surface area contributed by atoms with Crippen LogP contribution in [0, 0.1) is 5.82 Å². The van der Waals surface area contributed by atoms with Gasteiger partial charge in [0, 0.05) is 61.1 Å². The molecule has 0 aliphatic carbocycles. The van der Waals surface area contributed by atoms with Gasteiger partial charge in [-0.15, -0.1) is 0 Å². The Balaban J connectivity index is 1.42. The van der Waals surface area contributed by atoms with Crippen molar-refractivity contribution in [2.75, 3.05) is 24.5 Å². The predicted molar refractivity (Wildman–Crippen MR) is 181 cm³/mol. The number of hydrogen-bond donors (Lipinski definition) is 1. The Morgan fingerprint density at radius 1 is 0.867 bits per heavy atom.